The maximum Gasteiger partial charge on any atom is 0.411 e. The molecule has 2 aromatic carbocycles. The second-order valence-electron chi connectivity index (χ2n) is 7.34. The maximum absolute atomic E-state index is 13.4. The molecule has 0 spiro atoms. The van der Waals surface area contributed by atoms with Gasteiger partial charge in [-0.1, -0.05) is 24.3 Å². The van der Waals surface area contributed by atoms with E-state index in [9.17, 15) is 9.18 Å². The molecule has 1 saturated heterocycles. The summed E-state index contributed by atoms with van der Waals surface area (Å²) in [6.45, 7) is 4.20. The summed E-state index contributed by atoms with van der Waals surface area (Å²) >= 11 is 0. The van der Waals surface area contributed by atoms with Crippen LogP contribution in [-0.2, 0) is 16.0 Å². The molecule has 1 unspecified atom stereocenters. The Balaban J connectivity index is 1.57. The maximum atomic E-state index is 13.4. The normalized spacial score (nSPS) is 15.7. The fourth-order valence-electron chi connectivity index (χ4n) is 3.51. The lowest BCUT2D eigenvalue weighted by Crippen LogP contribution is -2.46. The van der Waals surface area contributed by atoms with Crippen molar-refractivity contribution in [1.82, 2.24) is 15.5 Å². The average molecular weight is 444 g/mol. The highest BCUT2D eigenvalue weighted by Gasteiger charge is 2.23. The highest BCUT2D eigenvalue weighted by molar-refractivity contribution is 5.84. The number of carbonyl (C=O) groups excluding carboxylic acids is 1. The van der Waals surface area contributed by atoms with Crippen molar-refractivity contribution in [2.24, 2.45) is 4.99 Å². The van der Waals surface area contributed by atoms with Crippen molar-refractivity contribution in [3.05, 3.63) is 65.5 Å². The van der Waals surface area contributed by atoms with E-state index in [1.807, 2.05) is 36.4 Å². The number of ether oxygens (including phenoxy) is 2. The van der Waals surface area contributed by atoms with Crippen molar-refractivity contribution in [3.63, 3.8) is 0 Å². The van der Waals surface area contributed by atoms with Crippen LogP contribution < -0.4 is 16.0 Å². The molecule has 1 atom stereocenters. The number of guanidine groups is 1. The standard InChI is InChI=1S/C23H30FN5O3/c1-25-22(26-15-17-3-9-20(10-4-17)28-23(30)31-2)27-16-21(29-11-13-32-14-12-29)18-5-7-19(24)8-6-18/h3-10,21H,11-16H2,1-2H3,(H,28,30)(H2,25,26,27). The minimum Gasteiger partial charge on any atom is -0.453 e. The van der Waals surface area contributed by atoms with Crippen LogP contribution in [-0.4, -0.2) is 64.0 Å². The first kappa shape index (κ1) is 23.5. The Bertz CT molecular complexity index is 884. The lowest BCUT2D eigenvalue weighted by atomic mass is 10.0. The van der Waals surface area contributed by atoms with Crippen LogP contribution in [0.15, 0.2) is 53.5 Å². The van der Waals surface area contributed by atoms with Gasteiger partial charge in [0.2, 0.25) is 0 Å². The van der Waals surface area contributed by atoms with E-state index in [-0.39, 0.29) is 11.9 Å². The number of amides is 1. The van der Waals surface area contributed by atoms with E-state index in [0.29, 0.717) is 38.0 Å². The molecule has 172 valence electrons. The van der Waals surface area contributed by atoms with Crippen LogP contribution >= 0.6 is 0 Å². The van der Waals surface area contributed by atoms with Gasteiger partial charge < -0.3 is 20.1 Å². The number of rotatable bonds is 7. The monoisotopic (exact) mass is 443 g/mol. The van der Waals surface area contributed by atoms with E-state index in [2.05, 4.69) is 30.6 Å². The van der Waals surface area contributed by atoms with Gasteiger partial charge in [0, 0.05) is 38.9 Å². The fraction of sp³-hybridized carbons (Fsp3) is 0.391. The molecule has 1 aliphatic rings. The number of halogens is 1. The number of aliphatic imine (C=N–C) groups is 1. The number of benzene rings is 2. The molecule has 0 saturated carbocycles. The third-order valence-electron chi connectivity index (χ3n) is 5.27. The first-order valence-corrected chi connectivity index (χ1v) is 10.5. The Morgan fingerprint density at radius 1 is 1.12 bits per heavy atom. The summed E-state index contributed by atoms with van der Waals surface area (Å²) in [5, 5.41) is 9.31. The van der Waals surface area contributed by atoms with Crippen LogP contribution in [0.3, 0.4) is 0 Å². The molecule has 3 rings (SSSR count). The van der Waals surface area contributed by atoms with Gasteiger partial charge in [0.05, 0.1) is 26.4 Å². The van der Waals surface area contributed by atoms with Crippen LogP contribution in [0.2, 0.25) is 0 Å². The Labute approximate surface area is 187 Å². The van der Waals surface area contributed by atoms with Gasteiger partial charge in [-0.15, -0.1) is 0 Å². The molecule has 1 fully saturated rings. The first-order chi connectivity index (χ1) is 15.6. The minimum atomic E-state index is -0.503. The highest BCUT2D eigenvalue weighted by atomic mass is 19.1. The van der Waals surface area contributed by atoms with Crippen molar-refractivity contribution >= 4 is 17.7 Å². The Morgan fingerprint density at radius 3 is 2.44 bits per heavy atom. The molecule has 32 heavy (non-hydrogen) atoms. The third-order valence-corrected chi connectivity index (χ3v) is 5.27. The number of hydrogen-bond donors (Lipinski definition) is 3. The van der Waals surface area contributed by atoms with Gasteiger partial charge >= 0.3 is 6.09 Å². The summed E-state index contributed by atoms with van der Waals surface area (Å²) in [7, 11) is 3.05. The summed E-state index contributed by atoms with van der Waals surface area (Å²) < 4.78 is 23.5. The molecule has 0 aliphatic carbocycles. The van der Waals surface area contributed by atoms with E-state index in [0.717, 1.165) is 24.2 Å². The quantitative estimate of drug-likeness (QED) is 0.451. The molecule has 1 aliphatic heterocycles. The smallest absolute Gasteiger partial charge is 0.411 e. The second-order valence-corrected chi connectivity index (χ2v) is 7.34. The van der Waals surface area contributed by atoms with Crippen LogP contribution in [0.5, 0.6) is 0 Å². The summed E-state index contributed by atoms with van der Waals surface area (Å²) in [5.74, 6) is 0.426. The molecule has 0 aromatic heterocycles. The van der Waals surface area contributed by atoms with Crippen LogP contribution in [0.4, 0.5) is 14.9 Å². The van der Waals surface area contributed by atoms with Gasteiger partial charge in [-0.3, -0.25) is 15.2 Å². The molecular formula is C23H30FN5O3. The van der Waals surface area contributed by atoms with Crippen molar-refractivity contribution in [2.45, 2.75) is 12.6 Å². The predicted octanol–water partition coefficient (Wildman–Crippen LogP) is 2.74. The number of methoxy groups -OCH3 is 1. The fourth-order valence-corrected chi connectivity index (χ4v) is 3.51. The zero-order valence-corrected chi connectivity index (χ0v) is 18.4. The van der Waals surface area contributed by atoms with E-state index >= 15 is 0 Å². The number of hydrogen-bond acceptors (Lipinski definition) is 5. The number of carbonyl (C=O) groups is 1. The minimum absolute atomic E-state index is 0.0710. The Kier molecular flexibility index (Phi) is 8.82. The van der Waals surface area contributed by atoms with E-state index in [1.165, 1.54) is 19.2 Å². The predicted molar refractivity (Wildman–Crippen MR) is 122 cm³/mol. The van der Waals surface area contributed by atoms with E-state index in [1.54, 1.807) is 7.05 Å². The van der Waals surface area contributed by atoms with Crippen LogP contribution in [0.1, 0.15) is 17.2 Å². The number of morpholine rings is 1. The van der Waals surface area contributed by atoms with Crippen LogP contribution in [0, 0.1) is 5.82 Å². The topological polar surface area (TPSA) is 87.2 Å². The van der Waals surface area contributed by atoms with Gasteiger partial charge in [-0.05, 0) is 35.4 Å². The van der Waals surface area contributed by atoms with E-state index in [4.69, 9.17) is 4.74 Å². The SMILES string of the molecule is CN=C(NCc1ccc(NC(=O)OC)cc1)NCC(c1ccc(F)cc1)N1CCOCC1. The Morgan fingerprint density at radius 2 is 1.81 bits per heavy atom. The van der Waals surface area contributed by atoms with Gasteiger partial charge in [-0.25, -0.2) is 9.18 Å². The van der Waals surface area contributed by atoms with Crippen molar-refractivity contribution in [3.8, 4) is 0 Å². The lowest BCUT2D eigenvalue weighted by Gasteiger charge is -2.35. The van der Waals surface area contributed by atoms with E-state index < -0.39 is 6.09 Å². The summed E-state index contributed by atoms with van der Waals surface area (Å²) in [5.41, 5.74) is 2.74. The Hall–Kier alpha value is -3.17. The van der Waals surface area contributed by atoms with Crippen molar-refractivity contribution in [2.75, 3.05) is 52.3 Å². The largest absolute Gasteiger partial charge is 0.453 e. The zero-order chi connectivity index (χ0) is 22.8. The van der Waals surface area contributed by atoms with Gasteiger partial charge in [0.15, 0.2) is 5.96 Å². The van der Waals surface area contributed by atoms with Crippen LogP contribution in [0.25, 0.3) is 0 Å². The molecule has 0 radical (unpaired) electrons. The summed E-state index contributed by atoms with van der Waals surface area (Å²) in [6.07, 6.45) is -0.503. The summed E-state index contributed by atoms with van der Waals surface area (Å²) in [4.78, 5) is 17.9. The molecular weight excluding hydrogens is 413 g/mol. The molecule has 3 N–H and O–H groups in total. The third kappa shape index (κ3) is 6.93. The number of anilines is 1. The molecule has 2 aromatic rings. The molecule has 1 amide bonds. The highest BCUT2D eigenvalue weighted by Crippen LogP contribution is 2.21. The van der Waals surface area contributed by atoms with Crippen molar-refractivity contribution in [1.29, 1.82) is 0 Å². The summed E-state index contributed by atoms with van der Waals surface area (Å²) in [6, 6.07) is 14.2. The zero-order valence-electron chi connectivity index (χ0n) is 18.4. The number of nitrogens with one attached hydrogen (secondary N) is 3. The average Bonchev–Trinajstić information content (AvgIpc) is 2.83. The lowest BCUT2D eigenvalue weighted by molar-refractivity contribution is 0.0170. The van der Waals surface area contributed by atoms with Crippen molar-refractivity contribution < 1.29 is 18.7 Å². The first-order valence-electron chi connectivity index (χ1n) is 10.5. The van der Waals surface area contributed by atoms with Gasteiger partial charge in [-0.2, -0.15) is 0 Å². The molecule has 9 heteroatoms. The number of nitrogens with zero attached hydrogens (tertiary/aromatic N) is 2. The molecule has 8 nitrogen and oxygen atoms in total. The van der Waals surface area contributed by atoms with Gasteiger partial charge in [0.25, 0.3) is 0 Å². The van der Waals surface area contributed by atoms with Gasteiger partial charge in [0.1, 0.15) is 5.82 Å². The molecule has 1 heterocycles. The molecule has 0 bridgehead atoms. The second kappa shape index (κ2) is 12.0.